The van der Waals surface area contributed by atoms with Gasteiger partial charge in [-0.1, -0.05) is 0 Å². The van der Waals surface area contributed by atoms with E-state index in [1.54, 1.807) is 0 Å². The van der Waals surface area contributed by atoms with Gasteiger partial charge in [-0.2, -0.15) is 0 Å². The van der Waals surface area contributed by atoms with Crippen molar-refractivity contribution in [2.75, 3.05) is 0 Å². The number of hydrogen-bond acceptors (Lipinski definition) is 5. The van der Waals surface area contributed by atoms with Gasteiger partial charge in [0.05, 0.1) is 23.2 Å². The van der Waals surface area contributed by atoms with Crippen LogP contribution in [0.1, 0.15) is 20.3 Å². The zero-order chi connectivity index (χ0) is 11.6. The Labute approximate surface area is 136 Å². The maximum absolute atomic E-state index is 11.9. The summed E-state index contributed by atoms with van der Waals surface area (Å²) in [6.45, 7) is 2.63. The van der Waals surface area contributed by atoms with Gasteiger partial charge in [-0.05, 0) is 13.8 Å². The van der Waals surface area contributed by atoms with Crippen molar-refractivity contribution in [2.45, 2.75) is 36.4 Å². The van der Waals surface area contributed by atoms with Crippen LogP contribution in [0.25, 0.3) is 0 Å². The van der Waals surface area contributed by atoms with Gasteiger partial charge >= 0.3 is 51.4 Å². The van der Waals surface area contributed by atoms with Crippen LogP contribution in [0, 0.1) is 0 Å². The molecular formula is C8H10KNO5S. The van der Waals surface area contributed by atoms with Crippen LogP contribution in [0.4, 0.5) is 0 Å². The molecule has 2 aliphatic rings. The molecule has 1 amide bonds. The molecule has 8 heteroatoms. The second kappa shape index (κ2) is 4.03. The first-order valence-electron chi connectivity index (χ1n) is 4.46. The molecule has 2 saturated heterocycles. The topological polar surface area (TPSA) is 94.6 Å². The third-order valence-electron chi connectivity index (χ3n) is 3.20. The normalized spacial score (nSPS) is 33.6. The summed E-state index contributed by atoms with van der Waals surface area (Å²) >= 11 is 0. The molecule has 0 radical (unpaired) electrons. The summed E-state index contributed by atoms with van der Waals surface area (Å²) < 4.78 is 22.2. The predicted molar refractivity (Wildman–Crippen MR) is 47.0 cm³/mol. The van der Waals surface area contributed by atoms with Gasteiger partial charge in [0.15, 0.2) is 9.84 Å². The number of rotatable bonds is 1. The first-order chi connectivity index (χ1) is 6.71. The number of β-lactam (4-membered cyclic amide) rings is 1. The van der Waals surface area contributed by atoms with Crippen molar-refractivity contribution >= 4 is 21.7 Å². The minimum absolute atomic E-state index is 0. The van der Waals surface area contributed by atoms with Crippen LogP contribution < -0.4 is 56.5 Å². The van der Waals surface area contributed by atoms with Crippen LogP contribution in [0.5, 0.6) is 0 Å². The SMILES string of the molecule is CC1(C)[C@H](C(=O)[O-])N2C(=O)C[C@H]2S1(=O)=O.[K+]. The molecule has 0 saturated carbocycles. The number of carboxylic acid groups (broad SMARTS) is 1. The Hall–Kier alpha value is 0.526. The molecule has 84 valence electrons. The fourth-order valence-corrected chi connectivity index (χ4v) is 4.33. The van der Waals surface area contributed by atoms with Crippen LogP contribution in [0.15, 0.2) is 0 Å². The van der Waals surface area contributed by atoms with E-state index in [1.807, 2.05) is 0 Å². The number of hydrogen-bond donors (Lipinski definition) is 0. The maximum atomic E-state index is 11.9. The second-order valence-corrected chi connectivity index (χ2v) is 7.02. The minimum Gasteiger partial charge on any atom is -0.548 e. The van der Waals surface area contributed by atoms with Gasteiger partial charge in [0.25, 0.3) is 0 Å². The number of nitrogens with zero attached hydrogens (tertiary/aromatic N) is 1. The van der Waals surface area contributed by atoms with E-state index in [0.717, 1.165) is 4.90 Å². The van der Waals surface area contributed by atoms with Crippen LogP contribution in [-0.4, -0.2) is 41.4 Å². The average molecular weight is 271 g/mol. The summed E-state index contributed by atoms with van der Waals surface area (Å²) in [5, 5.41) is 9.90. The van der Waals surface area contributed by atoms with Gasteiger partial charge in [-0.3, -0.25) is 4.79 Å². The summed E-state index contributed by atoms with van der Waals surface area (Å²) in [7, 11) is -3.61. The molecule has 0 unspecified atom stereocenters. The standard InChI is InChI=1S/C8H11NO5S.K/c1-8(2)6(7(11)12)9-4(10)3-5(9)15(8,13)14;/h5-6H,3H2,1-2H3,(H,11,12);/q;+1/p-1/t5-,6+;/m1./s1. The number of aliphatic carboxylic acids is 1. The third kappa shape index (κ3) is 1.54. The third-order valence-corrected chi connectivity index (χ3v) is 6.00. The number of carbonyl (C=O) groups is 2. The molecule has 0 N–H and O–H groups in total. The van der Waals surface area contributed by atoms with Gasteiger partial charge in [-0.25, -0.2) is 8.42 Å². The minimum atomic E-state index is -3.61. The molecule has 0 aliphatic carbocycles. The van der Waals surface area contributed by atoms with Crippen molar-refractivity contribution in [1.29, 1.82) is 0 Å². The van der Waals surface area contributed by atoms with Gasteiger partial charge < -0.3 is 14.8 Å². The fraction of sp³-hybridized carbons (Fsp3) is 0.750. The summed E-state index contributed by atoms with van der Waals surface area (Å²) in [6, 6.07) is -1.37. The average Bonchev–Trinajstić information content (AvgIpc) is 2.19. The Bertz CT molecular complexity index is 457. The Morgan fingerprint density at radius 1 is 1.50 bits per heavy atom. The van der Waals surface area contributed by atoms with Gasteiger partial charge in [-0.15, -0.1) is 0 Å². The summed E-state index contributed by atoms with van der Waals surface area (Å²) in [6.07, 6.45) is -0.116. The van der Waals surface area contributed by atoms with E-state index in [1.165, 1.54) is 13.8 Å². The zero-order valence-corrected chi connectivity index (χ0v) is 13.2. The van der Waals surface area contributed by atoms with Crippen LogP contribution in [-0.2, 0) is 19.4 Å². The molecule has 6 nitrogen and oxygen atoms in total. The van der Waals surface area contributed by atoms with Crippen molar-refractivity contribution in [2.24, 2.45) is 0 Å². The number of carbonyl (C=O) groups excluding carboxylic acids is 2. The molecule has 2 aliphatic heterocycles. The Morgan fingerprint density at radius 3 is 2.31 bits per heavy atom. The first-order valence-corrected chi connectivity index (χ1v) is 6.01. The van der Waals surface area contributed by atoms with Crippen molar-refractivity contribution in [1.82, 2.24) is 4.90 Å². The summed E-state index contributed by atoms with van der Waals surface area (Å²) in [5.74, 6) is -1.96. The van der Waals surface area contributed by atoms with E-state index in [0.29, 0.717) is 0 Å². The molecule has 0 aromatic heterocycles. The largest absolute Gasteiger partial charge is 1.00 e. The Balaban J connectivity index is 0.00000128. The molecule has 2 heterocycles. The van der Waals surface area contributed by atoms with E-state index >= 15 is 0 Å². The number of sulfone groups is 1. The quantitative estimate of drug-likeness (QED) is 0.351. The molecule has 0 aromatic rings. The molecule has 16 heavy (non-hydrogen) atoms. The van der Waals surface area contributed by atoms with E-state index in [2.05, 4.69) is 0 Å². The van der Waals surface area contributed by atoms with Gasteiger partial charge in [0, 0.05) is 0 Å². The van der Waals surface area contributed by atoms with Gasteiger partial charge in [0.2, 0.25) is 5.91 Å². The van der Waals surface area contributed by atoms with Crippen molar-refractivity contribution in [3.8, 4) is 0 Å². The fourth-order valence-electron chi connectivity index (χ4n) is 2.21. The molecule has 0 aromatic carbocycles. The Morgan fingerprint density at radius 2 is 2.00 bits per heavy atom. The van der Waals surface area contributed by atoms with E-state index in [4.69, 9.17) is 0 Å². The van der Waals surface area contributed by atoms with Crippen molar-refractivity contribution < 1.29 is 74.5 Å². The smallest absolute Gasteiger partial charge is 0.548 e. The van der Waals surface area contributed by atoms with Crippen LogP contribution in [0.2, 0.25) is 0 Å². The van der Waals surface area contributed by atoms with E-state index < -0.39 is 37.9 Å². The summed E-state index contributed by atoms with van der Waals surface area (Å²) in [5.41, 5.74) is 0. The zero-order valence-electron chi connectivity index (χ0n) is 9.26. The number of amides is 1. The Kier molecular flexibility index (Phi) is 3.67. The number of carboxylic acids is 1. The van der Waals surface area contributed by atoms with Crippen molar-refractivity contribution in [3.05, 3.63) is 0 Å². The molecule has 0 spiro atoms. The van der Waals surface area contributed by atoms with E-state index in [9.17, 15) is 23.1 Å². The van der Waals surface area contributed by atoms with Crippen LogP contribution in [0.3, 0.4) is 0 Å². The molecular weight excluding hydrogens is 261 g/mol. The maximum Gasteiger partial charge on any atom is 1.00 e. The molecule has 2 rings (SSSR count). The van der Waals surface area contributed by atoms with Crippen LogP contribution >= 0.6 is 0 Å². The second-order valence-electron chi connectivity index (χ2n) is 4.33. The molecule has 2 atom stereocenters. The number of fused-ring (bicyclic) bond motifs is 1. The molecule has 2 fully saturated rings. The van der Waals surface area contributed by atoms with Gasteiger partial charge in [0.1, 0.15) is 5.37 Å². The van der Waals surface area contributed by atoms with E-state index in [-0.39, 0.29) is 57.8 Å². The monoisotopic (exact) mass is 271 g/mol. The first kappa shape index (κ1) is 14.6. The van der Waals surface area contributed by atoms with Crippen molar-refractivity contribution in [3.63, 3.8) is 0 Å². The summed E-state index contributed by atoms with van der Waals surface area (Å²) in [4.78, 5) is 23.0. The predicted octanol–water partition coefficient (Wildman–Crippen LogP) is -5.13. The molecule has 0 bridgehead atoms.